The maximum absolute atomic E-state index is 13.9. The average molecular weight is 425 g/mol. The predicted octanol–water partition coefficient (Wildman–Crippen LogP) is 0.298. The molecule has 0 aliphatic carbocycles. The highest BCUT2D eigenvalue weighted by Gasteiger charge is 2.56. The molecule has 1 aromatic carbocycles. The molecule has 0 spiro atoms. The van der Waals surface area contributed by atoms with Crippen LogP contribution in [0.25, 0.3) is 0 Å². The van der Waals surface area contributed by atoms with Gasteiger partial charge in [0.15, 0.2) is 0 Å². The van der Waals surface area contributed by atoms with Gasteiger partial charge < -0.3 is 0 Å². The van der Waals surface area contributed by atoms with E-state index in [1.165, 1.54) is 0 Å². The molecule has 1 aliphatic heterocycles. The molecule has 1 heterocycles. The first kappa shape index (κ1) is 19.6. The topological polar surface area (TPSA) is 123 Å². The number of carbonyl (C=O) groups is 1. The minimum absolute atomic E-state index is 0.0565. The molecule has 0 fully saturated rings. The fourth-order valence-corrected chi connectivity index (χ4v) is 5.92. The van der Waals surface area contributed by atoms with Crippen LogP contribution in [0.4, 0.5) is 23.2 Å². The number of anilines is 1. The molecule has 1 aromatic rings. The molecular formula is C10H7F4NO7S3. The Labute approximate surface area is 138 Å². The highest BCUT2D eigenvalue weighted by molar-refractivity contribution is 8.67. The van der Waals surface area contributed by atoms with Gasteiger partial charge in [-0.25, -0.2) is 33.9 Å². The highest BCUT2D eigenvalue weighted by Crippen LogP contribution is 2.38. The first-order valence-corrected chi connectivity index (χ1v) is 11.3. The van der Waals surface area contributed by atoms with E-state index in [4.69, 9.17) is 0 Å². The van der Waals surface area contributed by atoms with Crippen molar-refractivity contribution < 1.29 is 47.6 Å². The summed E-state index contributed by atoms with van der Waals surface area (Å²) < 4.78 is 121. The van der Waals surface area contributed by atoms with Gasteiger partial charge in [-0.3, -0.25) is 4.79 Å². The Balaban J connectivity index is 2.81. The molecule has 0 atom stereocenters. The Bertz CT molecular complexity index is 1090. The Morgan fingerprint density at radius 3 is 2.00 bits per heavy atom. The van der Waals surface area contributed by atoms with Crippen molar-refractivity contribution >= 4 is 39.4 Å². The molecule has 0 saturated heterocycles. The summed E-state index contributed by atoms with van der Waals surface area (Å²) in [6.45, 7) is 0. The van der Waals surface area contributed by atoms with Gasteiger partial charge in [0.2, 0.25) is 15.9 Å². The van der Waals surface area contributed by atoms with E-state index in [1.807, 2.05) is 0 Å². The zero-order valence-corrected chi connectivity index (χ0v) is 14.4. The number of nitrogens with zero attached hydrogens (tertiary/aromatic N) is 1. The Kier molecular flexibility index (Phi) is 4.21. The van der Waals surface area contributed by atoms with Gasteiger partial charge in [-0.05, 0) is 17.7 Å². The number of halogens is 4. The quantitative estimate of drug-likeness (QED) is 0.504. The fraction of sp³-hybridized carbons (Fsp3) is 0.300. The third kappa shape index (κ3) is 2.89. The smallest absolute Gasteiger partial charge is 0.273 e. The molecule has 0 aromatic heterocycles. The zero-order chi connectivity index (χ0) is 19.6. The third-order valence-corrected chi connectivity index (χ3v) is 8.99. The van der Waals surface area contributed by atoms with Crippen LogP contribution >= 0.6 is 0 Å². The van der Waals surface area contributed by atoms with Gasteiger partial charge >= 0.3 is 14.4 Å². The lowest BCUT2D eigenvalue weighted by molar-refractivity contribution is -0.116. The second kappa shape index (κ2) is 5.38. The van der Waals surface area contributed by atoms with Gasteiger partial charge in [-0.1, -0.05) is 0 Å². The van der Waals surface area contributed by atoms with Gasteiger partial charge in [0, 0.05) is 0 Å². The molecular weight excluding hydrogens is 418 g/mol. The van der Waals surface area contributed by atoms with Crippen LogP contribution in [0.1, 0.15) is 5.56 Å². The molecule has 1 amide bonds. The fourth-order valence-electron chi connectivity index (χ4n) is 2.08. The number of rotatable bonds is 3. The minimum Gasteiger partial charge on any atom is -0.273 e. The van der Waals surface area contributed by atoms with Gasteiger partial charge in [0.05, 0.1) is 18.4 Å². The molecule has 0 bridgehead atoms. The third-order valence-electron chi connectivity index (χ3n) is 3.09. The van der Waals surface area contributed by atoms with Crippen molar-refractivity contribution in [1.82, 2.24) is 0 Å². The largest absolute Gasteiger partial charge is 0.512 e. The highest BCUT2D eigenvalue weighted by atomic mass is 33.2. The van der Waals surface area contributed by atoms with Gasteiger partial charge in [-0.2, -0.15) is 13.2 Å². The lowest BCUT2D eigenvalue weighted by Gasteiger charge is -2.16. The van der Waals surface area contributed by atoms with Crippen molar-refractivity contribution in [3.05, 3.63) is 23.5 Å². The van der Waals surface area contributed by atoms with Crippen LogP contribution in [0.5, 0.6) is 0 Å². The molecule has 1 aliphatic rings. The number of hydrogen-bond acceptors (Lipinski definition) is 7. The van der Waals surface area contributed by atoms with Crippen LogP contribution in [-0.2, 0) is 39.0 Å². The summed E-state index contributed by atoms with van der Waals surface area (Å²) in [4.78, 5) is 9.77. The molecule has 15 heteroatoms. The summed E-state index contributed by atoms with van der Waals surface area (Å²) in [5.41, 5.74) is -7.29. The number of hydrogen-bond donors (Lipinski definition) is 0. The number of alkyl halides is 3. The normalized spacial score (nSPS) is 16.2. The van der Waals surface area contributed by atoms with E-state index in [2.05, 4.69) is 0 Å². The number of benzene rings is 1. The Hall–Kier alpha value is -1.74. The lowest BCUT2D eigenvalue weighted by Crippen LogP contribution is -2.33. The monoisotopic (exact) mass is 425 g/mol. The van der Waals surface area contributed by atoms with E-state index in [-0.39, 0.29) is 15.9 Å². The number of fused-ring (bicyclic) bond motifs is 1. The summed E-state index contributed by atoms with van der Waals surface area (Å²) in [6, 6.07) is 0.381. The van der Waals surface area contributed by atoms with Crippen LogP contribution in [0, 0.1) is 5.82 Å². The van der Waals surface area contributed by atoms with Crippen molar-refractivity contribution in [3.63, 3.8) is 0 Å². The van der Waals surface area contributed by atoms with E-state index in [1.54, 1.807) is 0 Å². The minimum atomic E-state index is -6.86. The second-order valence-corrected chi connectivity index (χ2v) is 12.0. The molecule has 0 N–H and O–H groups in total. The molecule has 0 radical (unpaired) electrons. The number of amides is 1. The standard InChI is InChI=1S/C10H7F4NO7S3/c1-23(17,18)15-7-4-8(6(11)2-5(7)3-9(15)16)24(19,20)25(21,22)10(12,13)14/h2,4H,3H2,1H3. The van der Waals surface area contributed by atoms with Crippen LogP contribution in [0.15, 0.2) is 17.0 Å². The number of carbonyl (C=O) groups excluding carboxylic acids is 1. The average Bonchev–Trinajstić information content (AvgIpc) is 2.70. The van der Waals surface area contributed by atoms with E-state index in [0.29, 0.717) is 12.3 Å². The molecule has 0 unspecified atom stereocenters. The van der Waals surface area contributed by atoms with Gasteiger partial charge in [-0.15, -0.1) is 0 Å². The summed E-state index contributed by atoms with van der Waals surface area (Å²) in [7, 11) is -17.5. The zero-order valence-electron chi connectivity index (χ0n) is 11.9. The summed E-state index contributed by atoms with van der Waals surface area (Å²) in [5.74, 6) is -2.97. The molecule has 25 heavy (non-hydrogen) atoms. The Morgan fingerprint density at radius 2 is 1.56 bits per heavy atom. The van der Waals surface area contributed by atoms with E-state index < -0.39 is 62.0 Å². The van der Waals surface area contributed by atoms with E-state index >= 15 is 0 Å². The number of sulfonamides is 1. The van der Waals surface area contributed by atoms with Crippen LogP contribution < -0.4 is 4.31 Å². The van der Waals surface area contributed by atoms with Crippen molar-refractivity contribution in [2.45, 2.75) is 16.8 Å². The van der Waals surface area contributed by atoms with Gasteiger partial charge in [0.25, 0.3) is 8.87 Å². The van der Waals surface area contributed by atoms with Crippen molar-refractivity contribution in [1.29, 1.82) is 0 Å². The van der Waals surface area contributed by atoms with Crippen molar-refractivity contribution in [2.24, 2.45) is 0 Å². The van der Waals surface area contributed by atoms with Crippen LogP contribution in [-0.4, -0.2) is 42.9 Å². The Morgan fingerprint density at radius 1 is 1.04 bits per heavy atom. The maximum atomic E-state index is 13.9. The van der Waals surface area contributed by atoms with Crippen molar-refractivity contribution in [2.75, 3.05) is 10.6 Å². The first-order chi connectivity index (χ1) is 11.0. The van der Waals surface area contributed by atoms with E-state index in [9.17, 15) is 47.6 Å². The van der Waals surface area contributed by atoms with E-state index in [0.717, 1.165) is 0 Å². The molecule has 2 rings (SSSR count). The van der Waals surface area contributed by atoms with Crippen molar-refractivity contribution in [3.8, 4) is 0 Å². The maximum Gasteiger partial charge on any atom is 0.512 e. The first-order valence-electron chi connectivity index (χ1n) is 5.93. The second-order valence-electron chi connectivity index (χ2n) is 4.86. The van der Waals surface area contributed by atoms with Crippen LogP contribution in [0.3, 0.4) is 0 Å². The SMILES string of the molecule is CS(=O)(=O)N1C(=O)Cc2cc(F)c(S(=O)(=O)S(=O)(=O)C(F)(F)F)cc21. The predicted molar refractivity (Wildman–Crippen MR) is 74.6 cm³/mol. The lowest BCUT2D eigenvalue weighted by atomic mass is 10.1. The summed E-state index contributed by atoms with van der Waals surface area (Å²) >= 11 is 0. The molecule has 0 saturated carbocycles. The molecule has 140 valence electrons. The van der Waals surface area contributed by atoms with Gasteiger partial charge in [0.1, 0.15) is 10.7 Å². The summed E-state index contributed by atoms with van der Waals surface area (Å²) in [5, 5.41) is 0. The van der Waals surface area contributed by atoms with Crippen LogP contribution in [0.2, 0.25) is 0 Å². The summed E-state index contributed by atoms with van der Waals surface area (Å²) in [6.07, 6.45) is -0.115. The molecule has 8 nitrogen and oxygen atoms in total.